The molecule has 0 bridgehead atoms. The molecule has 0 aliphatic rings. The lowest BCUT2D eigenvalue weighted by atomic mass is 10.1. The molecule has 2 heterocycles. The Morgan fingerprint density at radius 1 is 1.11 bits per heavy atom. The van der Waals surface area contributed by atoms with E-state index < -0.39 is 0 Å². The highest BCUT2D eigenvalue weighted by atomic mass is 16.5. The molecule has 0 spiro atoms. The van der Waals surface area contributed by atoms with Crippen LogP contribution in [0.5, 0.6) is 5.75 Å². The van der Waals surface area contributed by atoms with Crippen LogP contribution in [0, 0.1) is 0 Å². The molecule has 0 saturated carbocycles. The zero-order valence-electron chi connectivity index (χ0n) is 15.7. The van der Waals surface area contributed by atoms with Crippen molar-refractivity contribution in [2.75, 3.05) is 20.7 Å². The summed E-state index contributed by atoms with van der Waals surface area (Å²) in [5.41, 5.74) is 1.18. The van der Waals surface area contributed by atoms with Crippen LogP contribution in [0.25, 0.3) is 5.82 Å². The van der Waals surface area contributed by atoms with E-state index in [2.05, 4.69) is 15.4 Å². The third-order valence-electron chi connectivity index (χ3n) is 4.01. The first-order valence-corrected chi connectivity index (χ1v) is 8.70. The van der Waals surface area contributed by atoms with Crippen LogP contribution in [-0.2, 0) is 11.3 Å². The Kier molecular flexibility index (Phi) is 6.01. The van der Waals surface area contributed by atoms with E-state index in [-0.39, 0.29) is 25.0 Å². The van der Waals surface area contributed by atoms with Crippen molar-refractivity contribution in [3.05, 3.63) is 72.2 Å². The first-order valence-electron chi connectivity index (χ1n) is 8.70. The first kappa shape index (κ1) is 19.1. The number of nitrogens with zero attached hydrogens (tertiary/aromatic N) is 4. The van der Waals surface area contributed by atoms with Gasteiger partial charge in [-0.1, -0.05) is 18.2 Å². The molecule has 144 valence electrons. The van der Waals surface area contributed by atoms with Crippen LogP contribution in [0.1, 0.15) is 15.9 Å². The van der Waals surface area contributed by atoms with Crippen LogP contribution in [0.2, 0.25) is 0 Å². The third-order valence-corrected chi connectivity index (χ3v) is 4.01. The highest BCUT2D eigenvalue weighted by molar-refractivity contribution is 5.97. The van der Waals surface area contributed by atoms with Crippen molar-refractivity contribution in [2.45, 2.75) is 6.54 Å². The predicted octanol–water partition coefficient (Wildman–Crippen LogP) is 1.66. The van der Waals surface area contributed by atoms with Crippen molar-refractivity contribution in [2.24, 2.45) is 0 Å². The van der Waals surface area contributed by atoms with Crippen LogP contribution in [-0.4, -0.2) is 52.2 Å². The van der Waals surface area contributed by atoms with Gasteiger partial charge in [0.2, 0.25) is 0 Å². The van der Waals surface area contributed by atoms with Gasteiger partial charge in [-0.05, 0) is 24.3 Å². The van der Waals surface area contributed by atoms with Gasteiger partial charge in [-0.25, -0.2) is 9.67 Å². The summed E-state index contributed by atoms with van der Waals surface area (Å²) in [6.07, 6.45) is 5.13. The largest absolute Gasteiger partial charge is 0.483 e. The number of nitrogens with one attached hydrogen (secondary N) is 1. The standard InChI is InChI=1S/C20H21N5O3/c1-24(2)18(26)14-28-17-9-4-3-8-16(17)20(27)22-13-15-7-5-10-21-19(15)25-12-6-11-23-25/h3-12H,13-14H2,1-2H3,(H,22,27). The minimum Gasteiger partial charge on any atom is -0.483 e. The average Bonchev–Trinajstić information content (AvgIpc) is 3.25. The van der Waals surface area contributed by atoms with E-state index in [9.17, 15) is 9.59 Å². The second kappa shape index (κ2) is 8.81. The lowest BCUT2D eigenvalue weighted by Gasteiger charge is -2.14. The van der Waals surface area contributed by atoms with E-state index in [4.69, 9.17) is 4.74 Å². The van der Waals surface area contributed by atoms with Crippen molar-refractivity contribution < 1.29 is 14.3 Å². The second-order valence-corrected chi connectivity index (χ2v) is 6.19. The van der Waals surface area contributed by atoms with Gasteiger partial charge in [0.15, 0.2) is 12.4 Å². The SMILES string of the molecule is CN(C)C(=O)COc1ccccc1C(=O)NCc1cccnc1-n1cccn1. The molecule has 1 N–H and O–H groups in total. The molecular formula is C20H21N5O3. The topological polar surface area (TPSA) is 89.4 Å². The smallest absolute Gasteiger partial charge is 0.259 e. The van der Waals surface area contributed by atoms with Gasteiger partial charge in [-0.15, -0.1) is 0 Å². The average molecular weight is 379 g/mol. The van der Waals surface area contributed by atoms with Crippen molar-refractivity contribution in [1.29, 1.82) is 0 Å². The van der Waals surface area contributed by atoms with E-state index in [0.29, 0.717) is 17.1 Å². The number of rotatable bonds is 7. The molecular weight excluding hydrogens is 358 g/mol. The molecule has 2 aromatic heterocycles. The van der Waals surface area contributed by atoms with Crippen molar-refractivity contribution in [3.8, 4) is 11.6 Å². The Hall–Kier alpha value is -3.68. The monoisotopic (exact) mass is 379 g/mol. The Bertz CT molecular complexity index is 954. The fourth-order valence-corrected chi connectivity index (χ4v) is 2.49. The second-order valence-electron chi connectivity index (χ2n) is 6.19. The summed E-state index contributed by atoms with van der Waals surface area (Å²) < 4.78 is 7.18. The van der Waals surface area contributed by atoms with E-state index >= 15 is 0 Å². The number of pyridine rings is 1. The molecule has 2 amide bonds. The Balaban J connectivity index is 1.71. The van der Waals surface area contributed by atoms with Gasteiger partial charge in [0, 0.05) is 44.8 Å². The Morgan fingerprint density at radius 2 is 1.93 bits per heavy atom. The van der Waals surface area contributed by atoms with Gasteiger partial charge < -0.3 is 15.0 Å². The van der Waals surface area contributed by atoms with Crippen LogP contribution in [0.15, 0.2) is 61.1 Å². The summed E-state index contributed by atoms with van der Waals surface area (Å²) in [5.74, 6) is 0.514. The number of ether oxygens (including phenoxy) is 1. The van der Waals surface area contributed by atoms with Crippen LogP contribution >= 0.6 is 0 Å². The Labute approximate surface area is 162 Å². The molecule has 0 radical (unpaired) electrons. The van der Waals surface area contributed by atoms with Gasteiger partial charge in [-0.3, -0.25) is 9.59 Å². The fourth-order valence-electron chi connectivity index (χ4n) is 2.49. The third kappa shape index (κ3) is 4.53. The molecule has 0 atom stereocenters. The molecule has 1 aromatic carbocycles. The number of hydrogen-bond acceptors (Lipinski definition) is 5. The molecule has 0 unspecified atom stereocenters. The van der Waals surface area contributed by atoms with Crippen molar-refractivity contribution in [3.63, 3.8) is 0 Å². The van der Waals surface area contributed by atoms with Crippen LogP contribution in [0.4, 0.5) is 0 Å². The van der Waals surface area contributed by atoms with Gasteiger partial charge in [0.25, 0.3) is 11.8 Å². The summed E-state index contributed by atoms with van der Waals surface area (Å²) in [4.78, 5) is 30.2. The van der Waals surface area contributed by atoms with E-state index in [0.717, 1.165) is 5.56 Å². The zero-order valence-corrected chi connectivity index (χ0v) is 15.7. The number of amides is 2. The van der Waals surface area contributed by atoms with Crippen molar-refractivity contribution in [1.82, 2.24) is 25.0 Å². The lowest BCUT2D eigenvalue weighted by Crippen LogP contribution is -2.28. The van der Waals surface area contributed by atoms with Gasteiger partial charge in [0.05, 0.1) is 5.56 Å². The number of carbonyl (C=O) groups is 2. The first-order chi connectivity index (χ1) is 13.6. The van der Waals surface area contributed by atoms with Crippen LogP contribution < -0.4 is 10.1 Å². The van der Waals surface area contributed by atoms with Crippen LogP contribution in [0.3, 0.4) is 0 Å². The summed E-state index contributed by atoms with van der Waals surface area (Å²) in [5, 5.41) is 7.06. The molecule has 0 saturated heterocycles. The highest BCUT2D eigenvalue weighted by Crippen LogP contribution is 2.18. The van der Waals surface area contributed by atoms with Gasteiger partial charge >= 0.3 is 0 Å². The maximum Gasteiger partial charge on any atom is 0.259 e. The number of likely N-dealkylation sites (N-methyl/N-ethyl adjacent to an activating group) is 1. The zero-order chi connectivity index (χ0) is 19.9. The maximum atomic E-state index is 12.7. The summed E-state index contributed by atoms with van der Waals surface area (Å²) in [6, 6.07) is 12.3. The molecule has 0 aliphatic carbocycles. The number of carbonyl (C=O) groups excluding carboxylic acids is 2. The van der Waals surface area contributed by atoms with Crippen molar-refractivity contribution >= 4 is 11.8 Å². The molecule has 3 aromatic rings. The number of aromatic nitrogens is 3. The van der Waals surface area contributed by atoms with E-state index in [1.54, 1.807) is 73.8 Å². The summed E-state index contributed by atoms with van der Waals surface area (Å²) in [6.45, 7) is 0.135. The minimum absolute atomic E-state index is 0.136. The molecule has 3 rings (SSSR count). The minimum atomic E-state index is -0.303. The molecule has 8 nitrogen and oxygen atoms in total. The number of benzene rings is 1. The maximum absolute atomic E-state index is 12.7. The normalized spacial score (nSPS) is 10.4. The Morgan fingerprint density at radius 3 is 2.68 bits per heavy atom. The quantitative estimate of drug-likeness (QED) is 0.674. The molecule has 28 heavy (non-hydrogen) atoms. The molecule has 8 heteroatoms. The van der Waals surface area contributed by atoms with E-state index in [1.807, 2.05) is 6.07 Å². The molecule has 0 aliphatic heterocycles. The number of para-hydroxylation sites is 1. The predicted molar refractivity (Wildman–Crippen MR) is 103 cm³/mol. The summed E-state index contributed by atoms with van der Waals surface area (Å²) >= 11 is 0. The van der Waals surface area contributed by atoms with Gasteiger partial charge in [0.1, 0.15) is 5.75 Å². The van der Waals surface area contributed by atoms with E-state index in [1.165, 1.54) is 4.90 Å². The summed E-state index contributed by atoms with van der Waals surface area (Å²) in [7, 11) is 3.30. The van der Waals surface area contributed by atoms with Gasteiger partial charge in [-0.2, -0.15) is 5.10 Å². The molecule has 0 fully saturated rings. The number of hydrogen-bond donors (Lipinski definition) is 1. The highest BCUT2D eigenvalue weighted by Gasteiger charge is 2.15. The lowest BCUT2D eigenvalue weighted by molar-refractivity contribution is -0.130. The fraction of sp³-hybridized carbons (Fsp3) is 0.200.